The van der Waals surface area contributed by atoms with E-state index in [2.05, 4.69) is 32.3 Å². The molecule has 150 valence electrons. The molecule has 1 fully saturated rings. The molecule has 8 heteroatoms. The number of rotatable bonds is 2. The van der Waals surface area contributed by atoms with E-state index in [9.17, 15) is 0 Å². The molecule has 0 spiro atoms. The summed E-state index contributed by atoms with van der Waals surface area (Å²) >= 11 is 10.1. The fourth-order valence-corrected chi connectivity index (χ4v) is 4.57. The van der Waals surface area contributed by atoms with Crippen LogP contribution in [0.1, 0.15) is 42.3 Å². The molecule has 0 bridgehead atoms. The average Bonchev–Trinajstić information content (AvgIpc) is 3.18. The lowest BCUT2D eigenvalue weighted by Gasteiger charge is -2.24. The van der Waals surface area contributed by atoms with Crippen molar-refractivity contribution in [3.8, 4) is 0 Å². The van der Waals surface area contributed by atoms with Gasteiger partial charge < -0.3 is 15.8 Å². The van der Waals surface area contributed by atoms with Crippen molar-refractivity contribution in [1.82, 2.24) is 14.8 Å². The summed E-state index contributed by atoms with van der Waals surface area (Å²) in [7, 11) is 0. The number of aromatic nitrogens is 3. The number of nitrogens with zero attached hydrogens (tertiary/aromatic N) is 3. The van der Waals surface area contributed by atoms with Crippen molar-refractivity contribution in [2.24, 2.45) is 5.73 Å². The van der Waals surface area contributed by atoms with Gasteiger partial charge in [0.25, 0.3) is 0 Å². The van der Waals surface area contributed by atoms with Gasteiger partial charge in [0.05, 0.1) is 17.3 Å². The van der Waals surface area contributed by atoms with Gasteiger partial charge in [-0.2, -0.15) is 5.10 Å². The molecule has 2 aliphatic heterocycles. The summed E-state index contributed by atoms with van der Waals surface area (Å²) in [6, 6.07) is 5.97. The molecule has 0 amide bonds. The first-order valence-electron chi connectivity index (χ1n) is 9.72. The number of ether oxygens (including phenoxy) is 1. The standard InChI is InChI=1S/C21H21BrClN5O/c1-11-15(22)8-13-19(17(24)9-25-21(13)26-11)12-5-6-16(23)20-14(12)10-28(27-20)18-4-2-3-7-29-18/h5-6,8,10,18H,2-4,7,9,24H2,1H3,(H,25,26). The van der Waals surface area contributed by atoms with Gasteiger partial charge in [0.1, 0.15) is 17.6 Å². The zero-order chi connectivity index (χ0) is 20.1. The zero-order valence-corrected chi connectivity index (χ0v) is 18.3. The Morgan fingerprint density at radius 1 is 1.31 bits per heavy atom. The highest BCUT2D eigenvalue weighted by atomic mass is 79.9. The smallest absolute Gasteiger partial charge is 0.150 e. The number of fused-ring (bicyclic) bond motifs is 2. The SMILES string of the molecule is Cc1nc2c(cc1Br)C(c1ccc(Cl)c3nn(C4CCCCO4)cc13)=C(N)CN2. The molecule has 1 unspecified atom stereocenters. The predicted molar refractivity (Wildman–Crippen MR) is 119 cm³/mol. The summed E-state index contributed by atoms with van der Waals surface area (Å²) in [5.41, 5.74) is 11.9. The van der Waals surface area contributed by atoms with Crippen molar-refractivity contribution in [3.05, 3.63) is 56.4 Å². The Morgan fingerprint density at radius 3 is 2.97 bits per heavy atom. The molecular formula is C21H21BrClN5O. The van der Waals surface area contributed by atoms with E-state index in [1.807, 2.05) is 29.9 Å². The molecule has 1 saturated heterocycles. The van der Waals surface area contributed by atoms with Gasteiger partial charge in [-0.3, -0.25) is 0 Å². The molecule has 3 aromatic rings. The quantitative estimate of drug-likeness (QED) is 0.546. The van der Waals surface area contributed by atoms with Crippen LogP contribution in [0, 0.1) is 6.92 Å². The van der Waals surface area contributed by atoms with Gasteiger partial charge in [0.15, 0.2) is 0 Å². The van der Waals surface area contributed by atoms with Crippen LogP contribution in [0.2, 0.25) is 5.02 Å². The summed E-state index contributed by atoms with van der Waals surface area (Å²) in [5, 5.41) is 9.66. The molecule has 29 heavy (non-hydrogen) atoms. The fraction of sp³-hybridized carbons (Fsp3) is 0.333. The van der Waals surface area contributed by atoms with Crippen LogP contribution in [0.15, 0.2) is 34.6 Å². The maximum Gasteiger partial charge on any atom is 0.150 e. The van der Waals surface area contributed by atoms with Crippen LogP contribution in [0.3, 0.4) is 0 Å². The Bertz CT molecular complexity index is 1150. The summed E-state index contributed by atoms with van der Waals surface area (Å²) in [6.45, 7) is 3.28. The maximum absolute atomic E-state index is 6.51. The van der Waals surface area contributed by atoms with Gasteiger partial charge in [-0.1, -0.05) is 17.7 Å². The maximum atomic E-state index is 6.51. The van der Waals surface area contributed by atoms with Gasteiger partial charge in [-0.05, 0) is 59.8 Å². The Balaban J connectivity index is 1.70. The molecule has 0 aliphatic carbocycles. The molecule has 6 nitrogen and oxygen atoms in total. The number of nitrogens with two attached hydrogens (primary N) is 1. The van der Waals surface area contributed by atoms with Crippen LogP contribution in [0.25, 0.3) is 16.5 Å². The van der Waals surface area contributed by atoms with Crippen LogP contribution in [-0.2, 0) is 4.74 Å². The molecule has 3 N–H and O–H groups in total. The van der Waals surface area contributed by atoms with Crippen LogP contribution in [-0.4, -0.2) is 27.9 Å². The number of halogens is 2. The second-order valence-electron chi connectivity index (χ2n) is 7.49. The second kappa shape index (κ2) is 7.31. The van der Waals surface area contributed by atoms with Gasteiger partial charge in [0.2, 0.25) is 0 Å². The third-order valence-electron chi connectivity index (χ3n) is 5.55. The van der Waals surface area contributed by atoms with Gasteiger partial charge >= 0.3 is 0 Å². The first-order chi connectivity index (χ1) is 14.0. The Morgan fingerprint density at radius 2 is 2.17 bits per heavy atom. The molecule has 2 aromatic heterocycles. The van der Waals surface area contributed by atoms with E-state index >= 15 is 0 Å². The molecule has 1 aromatic carbocycles. The van der Waals surface area contributed by atoms with E-state index in [4.69, 9.17) is 27.2 Å². The van der Waals surface area contributed by atoms with Gasteiger partial charge in [0, 0.05) is 39.5 Å². The molecule has 4 heterocycles. The molecule has 2 aliphatic rings. The van der Waals surface area contributed by atoms with E-state index in [1.54, 1.807) is 0 Å². The minimum absolute atomic E-state index is 0.0508. The Hall–Kier alpha value is -2.09. The van der Waals surface area contributed by atoms with Crippen molar-refractivity contribution in [2.75, 3.05) is 18.5 Å². The molecular weight excluding hydrogens is 454 g/mol. The zero-order valence-electron chi connectivity index (χ0n) is 16.0. The average molecular weight is 475 g/mol. The van der Waals surface area contributed by atoms with Crippen LogP contribution >= 0.6 is 27.5 Å². The van der Waals surface area contributed by atoms with Gasteiger partial charge in [-0.25, -0.2) is 9.67 Å². The van der Waals surface area contributed by atoms with Crippen molar-refractivity contribution in [1.29, 1.82) is 0 Å². The number of anilines is 1. The summed E-state index contributed by atoms with van der Waals surface area (Å²) in [6.07, 6.45) is 5.17. The van der Waals surface area contributed by atoms with E-state index in [1.165, 1.54) is 0 Å². The minimum atomic E-state index is -0.0508. The van der Waals surface area contributed by atoms with Crippen LogP contribution in [0.5, 0.6) is 0 Å². The van der Waals surface area contributed by atoms with E-state index in [-0.39, 0.29) is 6.23 Å². The molecule has 0 radical (unpaired) electrons. The largest absolute Gasteiger partial charge is 0.400 e. The molecule has 0 saturated carbocycles. The van der Waals surface area contributed by atoms with Crippen molar-refractivity contribution in [2.45, 2.75) is 32.4 Å². The number of hydrogen-bond donors (Lipinski definition) is 2. The normalized spacial score (nSPS) is 19.3. The summed E-state index contributed by atoms with van der Waals surface area (Å²) in [4.78, 5) is 4.69. The molecule has 1 atom stereocenters. The van der Waals surface area contributed by atoms with Crippen LogP contribution in [0.4, 0.5) is 5.82 Å². The lowest BCUT2D eigenvalue weighted by atomic mass is 9.92. The minimum Gasteiger partial charge on any atom is -0.400 e. The fourth-order valence-electron chi connectivity index (χ4n) is 4.05. The topological polar surface area (TPSA) is 78.0 Å². The van der Waals surface area contributed by atoms with Crippen LogP contribution < -0.4 is 11.1 Å². The third kappa shape index (κ3) is 3.21. The molecule has 5 rings (SSSR count). The highest BCUT2D eigenvalue weighted by molar-refractivity contribution is 9.10. The third-order valence-corrected chi connectivity index (χ3v) is 6.66. The van der Waals surface area contributed by atoms with Crippen molar-refractivity contribution in [3.63, 3.8) is 0 Å². The highest BCUT2D eigenvalue weighted by Gasteiger charge is 2.25. The lowest BCUT2D eigenvalue weighted by Crippen LogP contribution is -2.21. The number of pyridine rings is 1. The summed E-state index contributed by atoms with van der Waals surface area (Å²) in [5.74, 6) is 0.834. The lowest BCUT2D eigenvalue weighted by molar-refractivity contribution is -0.0390. The Labute approximate surface area is 182 Å². The number of aryl methyl sites for hydroxylation is 1. The van der Waals surface area contributed by atoms with E-state index in [0.717, 1.165) is 75.2 Å². The number of hydrogen-bond acceptors (Lipinski definition) is 5. The van der Waals surface area contributed by atoms with Crippen molar-refractivity contribution >= 4 is 49.8 Å². The van der Waals surface area contributed by atoms with Crippen molar-refractivity contribution < 1.29 is 4.74 Å². The summed E-state index contributed by atoms with van der Waals surface area (Å²) < 4.78 is 8.77. The monoisotopic (exact) mass is 473 g/mol. The number of benzene rings is 1. The number of nitrogens with one attached hydrogen (secondary N) is 1. The first kappa shape index (κ1) is 18.9. The van der Waals surface area contributed by atoms with E-state index < -0.39 is 0 Å². The Kier molecular flexibility index (Phi) is 4.76. The second-order valence-corrected chi connectivity index (χ2v) is 8.75. The first-order valence-corrected chi connectivity index (χ1v) is 10.9. The predicted octanol–water partition coefficient (Wildman–Crippen LogP) is 5.00. The highest BCUT2D eigenvalue weighted by Crippen LogP contribution is 2.40. The van der Waals surface area contributed by atoms with Gasteiger partial charge in [-0.15, -0.1) is 0 Å². The van der Waals surface area contributed by atoms with E-state index in [0.29, 0.717) is 11.6 Å².